The van der Waals surface area contributed by atoms with Crippen LogP contribution in [0.1, 0.15) is 25.8 Å². The standard InChI is InChI=1S/C14H20BrN3O/c1-9-5-10(2)8-18(7-9)13-6-11(15)3-4-12(13)14(16)17-19/h3-4,6,9-10,19H,5,7-8H2,1-2H3,(H2,16,17). The third-order valence-electron chi connectivity index (χ3n) is 3.55. The molecule has 1 aliphatic heterocycles. The van der Waals surface area contributed by atoms with Crippen LogP contribution in [0.5, 0.6) is 0 Å². The van der Waals surface area contributed by atoms with Crippen LogP contribution < -0.4 is 10.6 Å². The van der Waals surface area contributed by atoms with Gasteiger partial charge in [0.2, 0.25) is 0 Å². The number of anilines is 1. The Balaban J connectivity index is 2.39. The van der Waals surface area contributed by atoms with Gasteiger partial charge >= 0.3 is 0 Å². The molecule has 2 rings (SSSR count). The number of nitrogens with zero attached hydrogens (tertiary/aromatic N) is 2. The lowest BCUT2D eigenvalue weighted by Crippen LogP contribution is -2.39. The largest absolute Gasteiger partial charge is 0.409 e. The smallest absolute Gasteiger partial charge is 0.172 e. The summed E-state index contributed by atoms with van der Waals surface area (Å²) < 4.78 is 1.00. The Labute approximate surface area is 122 Å². The number of nitrogens with two attached hydrogens (primary N) is 1. The second-order valence-electron chi connectivity index (χ2n) is 5.50. The molecule has 1 heterocycles. The quantitative estimate of drug-likeness (QED) is 0.380. The molecule has 1 aliphatic rings. The molecular weight excluding hydrogens is 306 g/mol. The highest BCUT2D eigenvalue weighted by Crippen LogP contribution is 2.31. The molecule has 0 radical (unpaired) electrons. The van der Waals surface area contributed by atoms with Crippen LogP contribution in [0.2, 0.25) is 0 Å². The zero-order chi connectivity index (χ0) is 14.0. The fraction of sp³-hybridized carbons (Fsp3) is 0.500. The van der Waals surface area contributed by atoms with Crippen molar-refractivity contribution in [3.05, 3.63) is 28.2 Å². The van der Waals surface area contributed by atoms with Crippen molar-refractivity contribution in [2.75, 3.05) is 18.0 Å². The molecule has 4 nitrogen and oxygen atoms in total. The molecule has 1 fully saturated rings. The number of halogens is 1. The molecule has 2 atom stereocenters. The Bertz CT molecular complexity index is 480. The molecule has 1 aromatic rings. The molecule has 0 amide bonds. The van der Waals surface area contributed by atoms with Crippen LogP contribution in [-0.4, -0.2) is 24.1 Å². The lowest BCUT2D eigenvalue weighted by molar-refractivity contribution is 0.318. The molecule has 5 heteroatoms. The van der Waals surface area contributed by atoms with E-state index >= 15 is 0 Å². The summed E-state index contributed by atoms with van der Waals surface area (Å²) in [5.74, 6) is 1.47. The van der Waals surface area contributed by atoms with E-state index in [1.165, 1.54) is 6.42 Å². The van der Waals surface area contributed by atoms with Crippen molar-refractivity contribution in [1.82, 2.24) is 0 Å². The van der Waals surface area contributed by atoms with Crippen molar-refractivity contribution >= 4 is 27.5 Å². The van der Waals surface area contributed by atoms with Gasteiger partial charge in [0.15, 0.2) is 5.84 Å². The van der Waals surface area contributed by atoms with Gasteiger partial charge in [0.1, 0.15) is 0 Å². The highest BCUT2D eigenvalue weighted by molar-refractivity contribution is 9.10. The first-order valence-corrected chi connectivity index (χ1v) is 7.33. The number of hydrogen-bond acceptors (Lipinski definition) is 3. The number of piperidine rings is 1. The Hall–Kier alpha value is -1.23. The lowest BCUT2D eigenvalue weighted by atomic mass is 9.91. The van der Waals surface area contributed by atoms with Crippen LogP contribution in [-0.2, 0) is 0 Å². The molecule has 0 spiro atoms. The Morgan fingerprint density at radius 3 is 2.58 bits per heavy atom. The minimum atomic E-state index is 0.161. The third kappa shape index (κ3) is 3.21. The van der Waals surface area contributed by atoms with Crippen LogP contribution in [0.15, 0.2) is 27.8 Å². The minimum Gasteiger partial charge on any atom is -0.409 e. The molecule has 19 heavy (non-hydrogen) atoms. The van der Waals surface area contributed by atoms with Gasteiger partial charge in [-0.25, -0.2) is 0 Å². The molecule has 0 saturated carbocycles. The number of hydrogen-bond donors (Lipinski definition) is 2. The topological polar surface area (TPSA) is 61.8 Å². The van der Waals surface area contributed by atoms with Crippen molar-refractivity contribution in [3.8, 4) is 0 Å². The lowest BCUT2D eigenvalue weighted by Gasteiger charge is -2.37. The van der Waals surface area contributed by atoms with Gasteiger partial charge in [-0.15, -0.1) is 0 Å². The van der Waals surface area contributed by atoms with Gasteiger partial charge < -0.3 is 15.8 Å². The first kappa shape index (κ1) is 14.2. The van der Waals surface area contributed by atoms with Crippen LogP contribution in [0.4, 0.5) is 5.69 Å². The van der Waals surface area contributed by atoms with Gasteiger partial charge in [-0.3, -0.25) is 0 Å². The second-order valence-corrected chi connectivity index (χ2v) is 6.41. The maximum atomic E-state index is 8.92. The molecule has 1 aromatic carbocycles. The molecule has 1 saturated heterocycles. The Morgan fingerprint density at radius 2 is 2.00 bits per heavy atom. The summed E-state index contributed by atoms with van der Waals surface area (Å²) in [5, 5.41) is 12.1. The van der Waals surface area contributed by atoms with Crippen LogP contribution in [0.25, 0.3) is 0 Å². The van der Waals surface area contributed by atoms with E-state index in [1.54, 1.807) is 0 Å². The maximum absolute atomic E-state index is 8.92. The van der Waals surface area contributed by atoms with Gasteiger partial charge in [0.25, 0.3) is 0 Å². The fourth-order valence-corrected chi connectivity index (χ4v) is 3.25. The van der Waals surface area contributed by atoms with E-state index in [0.717, 1.165) is 28.8 Å². The van der Waals surface area contributed by atoms with Crippen molar-refractivity contribution in [2.24, 2.45) is 22.7 Å². The predicted molar refractivity (Wildman–Crippen MR) is 81.8 cm³/mol. The molecule has 2 unspecified atom stereocenters. The highest BCUT2D eigenvalue weighted by atomic mass is 79.9. The van der Waals surface area contributed by atoms with Gasteiger partial charge in [-0.2, -0.15) is 0 Å². The summed E-state index contributed by atoms with van der Waals surface area (Å²) in [6, 6.07) is 5.84. The molecular formula is C14H20BrN3O. The number of benzene rings is 1. The van der Waals surface area contributed by atoms with E-state index in [-0.39, 0.29) is 5.84 Å². The third-order valence-corrected chi connectivity index (χ3v) is 4.05. The van der Waals surface area contributed by atoms with E-state index in [2.05, 4.69) is 39.8 Å². The van der Waals surface area contributed by atoms with Gasteiger partial charge in [0.05, 0.1) is 0 Å². The molecule has 0 aromatic heterocycles. The first-order valence-electron chi connectivity index (χ1n) is 6.53. The molecule has 104 valence electrons. The Morgan fingerprint density at radius 1 is 1.37 bits per heavy atom. The normalized spacial score (nSPS) is 24.6. The summed E-state index contributed by atoms with van der Waals surface area (Å²) in [7, 11) is 0. The van der Waals surface area contributed by atoms with Crippen LogP contribution >= 0.6 is 15.9 Å². The van der Waals surface area contributed by atoms with Crippen molar-refractivity contribution < 1.29 is 5.21 Å². The Kier molecular flexibility index (Phi) is 4.34. The van der Waals surface area contributed by atoms with Gasteiger partial charge in [-0.05, 0) is 36.5 Å². The summed E-state index contributed by atoms with van der Waals surface area (Å²) in [4.78, 5) is 2.33. The number of oxime groups is 1. The zero-order valence-corrected chi connectivity index (χ0v) is 12.9. The predicted octanol–water partition coefficient (Wildman–Crippen LogP) is 3.03. The highest BCUT2D eigenvalue weighted by Gasteiger charge is 2.24. The SMILES string of the molecule is CC1CC(C)CN(c2cc(Br)ccc2/C(N)=N/O)C1. The van der Waals surface area contributed by atoms with Gasteiger partial charge in [-0.1, -0.05) is 34.9 Å². The van der Waals surface area contributed by atoms with Crippen LogP contribution in [0.3, 0.4) is 0 Å². The molecule has 3 N–H and O–H groups in total. The van der Waals surface area contributed by atoms with E-state index in [9.17, 15) is 0 Å². The summed E-state index contributed by atoms with van der Waals surface area (Å²) in [6.07, 6.45) is 1.25. The summed E-state index contributed by atoms with van der Waals surface area (Å²) in [5.41, 5.74) is 7.59. The van der Waals surface area contributed by atoms with Crippen molar-refractivity contribution in [3.63, 3.8) is 0 Å². The van der Waals surface area contributed by atoms with Gasteiger partial charge in [0, 0.05) is 28.8 Å². The summed E-state index contributed by atoms with van der Waals surface area (Å²) in [6.45, 7) is 6.55. The molecule has 0 bridgehead atoms. The number of amidine groups is 1. The van der Waals surface area contributed by atoms with E-state index in [4.69, 9.17) is 10.9 Å². The van der Waals surface area contributed by atoms with E-state index in [1.807, 2.05) is 18.2 Å². The van der Waals surface area contributed by atoms with Crippen molar-refractivity contribution in [2.45, 2.75) is 20.3 Å². The monoisotopic (exact) mass is 325 g/mol. The maximum Gasteiger partial charge on any atom is 0.172 e. The first-order chi connectivity index (χ1) is 9.01. The summed E-state index contributed by atoms with van der Waals surface area (Å²) >= 11 is 3.49. The average Bonchev–Trinajstić information content (AvgIpc) is 2.36. The van der Waals surface area contributed by atoms with E-state index in [0.29, 0.717) is 11.8 Å². The van der Waals surface area contributed by atoms with E-state index < -0.39 is 0 Å². The van der Waals surface area contributed by atoms with Crippen LogP contribution in [0, 0.1) is 11.8 Å². The average molecular weight is 326 g/mol. The fourth-order valence-electron chi connectivity index (χ4n) is 2.90. The number of rotatable bonds is 2. The molecule has 0 aliphatic carbocycles. The second kappa shape index (κ2) is 5.82. The minimum absolute atomic E-state index is 0.161. The zero-order valence-electron chi connectivity index (χ0n) is 11.3. The van der Waals surface area contributed by atoms with Crippen molar-refractivity contribution in [1.29, 1.82) is 0 Å².